The molecule has 0 aliphatic heterocycles. The molecule has 92 valence electrons. The summed E-state index contributed by atoms with van der Waals surface area (Å²) >= 11 is 0. The first-order chi connectivity index (χ1) is 8.04. The van der Waals surface area contributed by atoms with Crippen molar-refractivity contribution in [3.63, 3.8) is 0 Å². The summed E-state index contributed by atoms with van der Waals surface area (Å²) in [6.07, 6.45) is 2.17. The van der Waals surface area contributed by atoms with Gasteiger partial charge in [0.2, 0.25) is 0 Å². The molecule has 2 rings (SSSR count). The molecular weight excluding hydrogens is 216 g/mol. The highest BCUT2D eigenvalue weighted by atomic mass is 16.3. The molecule has 0 unspecified atom stereocenters. The summed E-state index contributed by atoms with van der Waals surface area (Å²) < 4.78 is 5.29. The van der Waals surface area contributed by atoms with E-state index in [0.29, 0.717) is 0 Å². The third-order valence-electron chi connectivity index (χ3n) is 3.33. The van der Waals surface area contributed by atoms with Crippen LogP contribution in [0.2, 0.25) is 0 Å². The van der Waals surface area contributed by atoms with Crippen molar-refractivity contribution in [2.45, 2.75) is 25.8 Å². The van der Waals surface area contributed by atoms with Crippen molar-refractivity contribution >= 4 is 16.8 Å². The number of aliphatic hydroxyl groups excluding tert-OH is 1. The van der Waals surface area contributed by atoms with Crippen LogP contribution in [0.4, 0.5) is 5.69 Å². The lowest BCUT2D eigenvalue weighted by Gasteiger charge is -2.37. The number of aromatic nitrogens is 1. The van der Waals surface area contributed by atoms with Crippen LogP contribution in [0.3, 0.4) is 0 Å². The van der Waals surface area contributed by atoms with Crippen LogP contribution in [0.5, 0.6) is 0 Å². The second-order valence-corrected chi connectivity index (χ2v) is 4.85. The van der Waals surface area contributed by atoms with Crippen molar-refractivity contribution in [2.75, 3.05) is 18.6 Å². The summed E-state index contributed by atoms with van der Waals surface area (Å²) in [5, 5.41) is 9.08. The second kappa shape index (κ2) is 4.37. The van der Waals surface area contributed by atoms with E-state index in [1.54, 1.807) is 0 Å². The van der Waals surface area contributed by atoms with Crippen LogP contribution in [-0.4, -0.2) is 29.3 Å². The van der Waals surface area contributed by atoms with E-state index in [4.69, 9.17) is 9.52 Å². The molecule has 1 heterocycles. The van der Waals surface area contributed by atoms with Gasteiger partial charge in [0, 0.05) is 30.9 Å². The Balaban J connectivity index is 2.32. The summed E-state index contributed by atoms with van der Waals surface area (Å²) in [7, 11) is 2.02. The molecule has 17 heavy (non-hydrogen) atoms. The number of oxazole rings is 1. The lowest BCUT2D eigenvalue weighted by atomic mass is 9.98. The van der Waals surface area contributed by atoms with Crippen LogP contribution in [0.15, 0.2) is 29.0 Å². The van der Waals surface area contributed by atoms with E-state index in [1.807, 2.05) is 25.2 Å². The highest BCUT2D eigenvalue weighted by molar-refractivity contribution is 5.77. The van der Waals surface area contributed by atoms with E-state index in [2.05, 4.69) is 23.7 Å². The predicted molar refractivity (Wildman–Crippen MR) is 68.2 cm³/mol. The molecule has 1 N–H and O–H groups in total. The molecule has 0 atom stereocenters. The summed E-state index contributed by atoms with van der Waals surface area (Å²) in [4.78, 5) is 6.24. The molecule has 0 saturated heterocycles. The van der Waals surface area contributed by atoms with Crippen LogP contribution < -0.4 is 4.90 Å². The molecule has 0 radical (unpaired) electrons. The van der Waals surface area contributed by atoms with Crippen LogP contribution >= 0.6 is 0 Å². The molecule has 0 bridgehead atoms. The van der Waals surface area contributed by atoms with Gasteiger partial charge in [-0.1, -0.05) is 0 Å². The van der Waals surface area contributed by atoms with E-state index in [-0.39, 0.29) is 12.1 Å². The van der Waals surface area contributed by atoms with Crippen molar-refractivity contribution in [1.82, 2.24) is 4.98 Å². The quantitative estimate of drug-likeness (QED) is 0.882. The van der Waals surface area contributed by atoms with Gasteiger partial charge < -0.3 is 14.4 Å². The lowest BCUT2D eigenvalue weighted by Crippen LogP contribution is -2.41. The van der Waals surface area contributed by atoms with Gasteiger partial charge in [0.15, 0.2) is 12.0 Å². The van der Waals surface area contributed by atoms with E-state index >= 15 is 0 Å². The fraction of sp³-hybridized carbons (Fsp3) is 0.462. The normalized spacial score (nSPS) is 12.0. The summed E-state index contributed by atoms with van der Waals surface area (Å²) in [6.45, 7) is 4.39. The SMILES string of the molecule is CN(c1ccc2ncoc2c1)C(C)(C)CCO. The van der Waals surface area contributed by atoms with E-state index < -0.39 is 0 Å². The Labute approximate surface area is 101 Å². The van der Waals surface area contributed by atoms with E-state index in [9.17, 15) is 0 Å². The third kappa shape index (κ3) is 2.26. The molecule has 1 aromatic carbocycles. The predicted octanol–water partition coefficient (Wildman–Crippen LogP) is 2.43. The average Bonchev–Trinajstić information content (AvgIpc) is 2.74. The number of rotatable bonds is 4. The minimum Gasteiger partial charge on any atom is -0.443 e. The van der Waals surface area contributed by atoms with Crippen LogP contribution in [0.1, 0.15) is 20.3 Å². The lowest BCUT2D eigenvalue weighted by molar-refractivity contribution is 0.250. The molecule has 2 aromatic rings. The Morgan fingerprint density at radius 2 is 2.18 bits per heavy atom. The number of hydrogen-bond acceptors (Lipinski definition) is 4. The summed E-state index contributed by atoms with van der Waals surface area (Å²) in [5.74, 6) is 0. The Kier molecular flexibility index (Phi) is 3.07. The maximum atomic E-state index is 9.08. The number of anilines is 1. The number of aliphatic hydroxyl groups is 1. The topological polar surface area (TPSA) is 49.5 Å². The average molecular weight is 234 g/mol. The standard InChI is InChI=1S/C13H18N2O2/c1-13(2,6-7-16)15(3)10-4-5-11-12(8-10)17-9-14-11/h4-5,8-9,16H,6-7H2,1-3H3. The maximum Gasteiger partial charge on any atom is 0.181 e. The molecule has 0 spiro atoms. The van der Waals surface area contributed by atoms with E-state index in [0.717, 1.165) is 23.2 Å². The van der Waals surface area contributed by atoms with Crippen molar-refractivity contribution < 1.29 is 9.52 Å². The first-order valence-electron chi connectivity index (χ1n) is 5.72. The Morgan fingerprint density at radius 1 is 1.41 bits per heavy atom. The maximum absolute atomic E-state index is 9.08. The molecule has 1 aromatic heterocycles. The highest BCUT2D eigenvalue weighted by Gasteiger charge is 2.23. The zero-order chi connectivity index (χ0) is 12.5. The molecule has 0 amide bonds. The van der Waals surface area contributed by atoms with Gasteiger partial charge in [0.05, 0.1) is 0 Å². The van der Waals surface area contributed by atoms with Crippen molar-refractivity contribution in [1.29, 1.82) is 0 Å². The smallest absolute Gasteiger partial charge is 0.181 e. The van der Waals surface area contributed by atoms with E-state index in [1.165, 1.54) is 6.39 Å². The number of nitrogens with zero attached hydrogens (tertiary/aromatic N) is 2. The number of benzene rings is 1. The molecule has 0 aliphatic carbocycles. The van der Waals surface area contributed by atoms with Crippen LogP contribution in [-0.2, 0) is 0 Å². The summed E-state index contributed by atoms with van der Waals surface area (Å²) in [5.41, 5.74) is 2.62. The molecule has 4 heteroatoms. The van der Waals surface area contributed by atoms with Gasteiger partial charge in [0.1, 0.15) is 5.52 Å². The van der Waals surface area contributed by atoms with Gasteiger partial charge in [-0.05, 0) is 32.4 Å². The van der Waals surface area contributed by atoms with Gasteiger partial charge in [-0.2, -0.15) is 0 Å². The monoisotopic (exact) mass is 234 g/mol. The van der Waals surface area contributed by atoms with Gasteiger partial charge >= 0.3 is 0 Å². The first-order valence-corrected chi connectivity index (χ1v) is 5.72. The number of fused-ring (bicyclic) bond motifs is 1. The van der Waals surface area contributed by atoms with Crippen LogP contribution in [0, 0.1) is 0 Å². The van der Waals surface area contributed by atoms with Crippen molar-refractivity contribution in [2.24, 2.45) is 0 Å². The number of hydrogen-bond donors (Lipinski definition) is 1. The Hall–Kier alpha value is -1.55. The Morgan fingerprint density at radius 3 is 2.88 bits per heavy atom. The van der Waals surface area contributed by atoms with Gasteiger partial charge in [0.25, 0.3) is 0 Å². The minimum atomic E-state index is -0.0948. The second-order valence-electron chi connectivity index (χ2n) is 4.85. The Bertz CT molecular complexity index is 505. The summed E-state index contributed by atoms with van der Waals surface area (Å²) in [6, 6.07) is 5.94. The van der Waals surface area contributed by atoms with Gasteiger partial charge in [-0.25, -0.2) is 4.98 Å². The molecule has 0 aliphatic rings. The fourth-order valence-corrected chi connectivity index (χ4v) is 1.84. The van der Waals surface area contributed by atoms with Gasteiger partial charge in [-0.15, -0.1) is 0 Å². The largest absolute Gasteiger partial charge is 0.443 e. The van der Waals surface area contributed by atoms with Crippen molar-refractivity contribution in [3.8, 4) is 0 Å². The molecule has 4 nitrogen and oxygen atoms in total. The molecular formula is C13H18N2O2. The third-order valence-corrected chi connectivity index (χ3v) is 3.33. The zero-order valence-corrected chi connectivity index (χ0v) is 10.5. The highest BCUT2D eigenvalue weighted by Crippen LogP contribution is 2.27. The van der Waals surface area contributed by atoms with Gasteiger partial charge in [-0.3, -0.25) is 0 Å². The van der Waals surface area contributed by atoms with Crippen LogP contribution in [0.25, 0.3) is 11.1 Å². The molecule has 0 fully saturated rings. The molecule has 0 saturated carbocycles. The zero-order valence-electron chi connectivity index (χ0n) is 10.5. The fourth-order valence-electron chi connectivity index (χ4n) is 1.84. The van der Waals surface area contributed by atoms with Crippen molar-refractivity contribution in [3.05, 3.63) is 24.6 Å². The minimum absolute atomic E-state index is 0.0948. The first kappa shape index (κ1) is 11.9.